The molecule has 0 amide bonds. The highest BCUT2D eigenvalue weighted by molar-refractivity contribution is 7.26. The summed E-state index contributed by atoms with van der Waals surface area (Å²) >= 11 is 1.75. The van der Waals surface area contributed by atoms with E-state index in [0.29, 0.717) is 17.5 Å². The van der Waals surface area contributed by atoms with E-state index >= 15 is 0 Å². The maximum atomic E-state index is 5.14. The lowest BCUT2D eigenvalue weighted by molar-refractivity contribution is 1.07. The molecule has 0 aliphatic rings. The van der Waals surface area contributed by atoms with Crippen LogP contribution in [0.3, 0.4) is 0 Å². The monoisotopic (exact) mass is 797 g/mol. The second-order valence-electron chi connectivity index (χ2n) is 14.9. The van der Waals surface area contributed by atoms with Gasteiger partial charge in [-0.1, -0.05) is 206 Å². The SMILES string of the molecule is c1ccc(-c2nc(-c3ccccc3)nc(-c3ccc(-c4ccc(-c5ccc(-c6ccc(-c7nc(-c8ccccc8)c8sc9ccccc9c8n7)cc6)cc5)cc4)cc3)n2)cc1. The second-order valence-corrected chi connectivity index (χ2v) is 15.9. The zero-order valence-electron chi connectivity index (χ0n) is 32.9. The Bertz CT molecular complexity index is 3240. The third-order valence-electron chi connectivity index (χ3n) is 11.0. The molecule has 0 aliphatic carbocycles. The van der Waals surface area contributed by atoms with Gasteiger partial charge in [-0.15, -0.1) is 11.3 Å². The highest BCUT2D eigenvalue weighted by atomic mass is 32.1. The van der Waals surface area contributed by atoms with Crippen molar-refractivity contribution in [1.29, 1.82) is 0 Å². The van der Waals surface area contributed by atoms with E-state index in [1.54, 1.807) is 11.3 Å². The number of fused-ring (bicyclic) bond motifs is 3. The maximum Gasteiger partial charge on any atom is 0.164 e. The fourth-order valence-electron chi connectivity index (χ4n) is 7.78. The minimum absolute atomic E-state index is 0.644. The van der Waals surface area contributed by atoms with Gasteiger partial charge in [-0.2, -0.15) is 0 Å². The first-order chi connectivity index (χ1) is 30.2. The van der Waals surface area contributed by atoms with E-state index in [2.05, 4.69) is 146 Å². The third kappa shape index (κ3) is 7.16. The molecule has 11 aromatic rings. The van der Waals surface area contributed by atoms with Crippen LogP contribution in [-0.2, 0) is 0 Å². The fraction of sp³-hybridized carbons (Fsp3) is 0. The molecule has 0 saturated carbocycles. The summed E-state index contributed by atoms with van der Waals surface area (Å²) in [6, 6.07) is 73.6. The van der Waals surface area contributed by atoms with E-state index in [1.165, 1.54) is 10.3 Å². The van der Waals surface area contributed by atoms with Crippen molar-refractivity contribution in [1.82, 2.24) is 24.9 Å². The molecule has 0 unspecified atom stereocenters. The highest BCUT2D eigenvalue weighted by Gasteiger charge is 2.17. The summed E-state index contributed by atoms with van der Waals surface area (Å²) in [6.45, 7) is 0. The molecular formula is C55H35N5S. The summed E-state index contributed by atoms with van der Waals surface area (Å²) in [5.74, 6) is 2.68. The third-order valence-corrected chi connectivity index (χ3v) is 12.2. The highest BCUT2D eigenvalue weighted by Crippen LogP contribution is 2.39. The van der Waals surface area contributed by atoms with Crippen LogP contribution in [-0.4, -0.2) is 24.9 Å². The van der Waals surface area contributed by atoms with Crippen LogP contribution in [0.25, 0.3) is 110 Å². The van der Waals surface area contributed by atoms with Gasteiger partial charge < -0.3 is 0 Å². The molecule has 0 N–H and O–H groups in total. The zero-order valence-corrected chi connectivity index (χ0v) is 33.7. The van der Waals surface area contributed by atoms with Crippen LogP contribution >= 0.6 is 11.3 Å². The van der Waals surface area contributed by atoms with Gasteiger partial charge in [0.05, 0.1) is 15.9 Å². The molecule has 11 rings (SSSR count). The molecule has 3 heterocycles. The van der Waals surface area contributed by atoms with E-state index < -0.39 is 0 Å². The van der Waals surface area contributed by atoms with Crippen LogP contribution in [0.5, 0.6) is 0 Å². The molecule has 0 fully saturated rings. The maximum absolute atomic E-state index is 5.14. The molecule has 0 aliphatic heterocycles. The van der Waals surface area contributed by atoms with Crippen molar-refractivity contribution >= 4 is 31.6 Å². The Morgan fingerprint density at radius 1 is 0.246 bits per heavy atom. The van der Waals surface area contributed by atoms with E-state index in [0.717, 1.165) is 82.8 Å². The minimum Gasteiger partial charge on any atom is -0.226 e. The Hall–Kier alpha value is -7.93. The van der Waals surface area contributed by atoms with Crippen molar-refractivity contribution in [2.75, 3.05) is 0 Å². The fourth-order valence-corrected chi connectivity index (χ4v) is 8.94. The van der Waals surface area contributed by atoms with Gasteiger partial charge >= 0.3 is 0 Å². The van der Waals surface area contributed by atoms with Gasteiger partial charge in [0.15, 0.2) is 23.3 Å². The first-order valence-corrected chi connectivity index (χ1v) is 21.1. The Morgan fingerprint density at radius 2 is 0.557 bits per heavy atom. The average molecular weight is 798 g/mol. The summed E-state index contributed by atoms with van der Waals surface area (Å²) in [4.78, 5) is 24.9. The lowest BCUT2D eigenvalue weighted by atomic mass is 9.97. The molecule has 61 heavy (non-hydrogen) atoms. The Labute approximate surface area is 357 Å². The van der Waals surface area contributed by atoms with Crippen molar-refractivity contribution < 1.29 is 0 Å². The van der Waals surface area contributed by atoms with Gasteiger partial charge in [0, 0.05) is 37.9 Å². The summed E-state index contributed by atoms with van der Waals surface area (Å²) in [7, 11) is 0. The summed E-state index contributed by atoms with van der Waals surface area (Å²) in [5.41, 5.74) is 13.8. The molecule has 0 radical (unpaired) electrons. The largest absolute Gasteiger partial charge is 0.226 e. The summed E-state index contributed by atoms with van der Waals surface area (Å²) in [6.07, 6.45) is 0. The van der Waals surface area contributed by atoms with E-state index in [4.69, 9.17) is 24.9 Å². The minimum atomic E-state index is 0.644. The van der Waals surface area contributed by atoms with Gasteiger partial charge in [-0.3, -0.25) is 0 Å². The van der Waals surface area contributed by atoms with E-state index in [-0.39, 0.29) is 0 Å². The molecule has 286 valence electrons. The molecule has 8 aromatic carbocycles. The lowest BCUT2D eigenvalue weighted by Gasteiger charge is -2.10. The molecule has 0 bridgehead atoms. The van der Waals surface area contributed by atoms with Gasteiger partial charge in [0.1, 0.15) is 0 Å². The predicted octanol–water partition coefficient (Wildman–Crippen LogP) is 14.4. The number of hydrogen-bond donors (Lipinski definition) is 0. The lowest BCUT2D eigenvalue weighted by Crippen LogP contribution is -2.00. The van der Waals surface area contributed by atoms with Crippen LogP contribution in [0.15, 0.2) is 212 Å². The van der Waals surface area contributed by atoms with Gasteiger partial charge in [0.2, 0.25) is 0 Å². The van der Waals surface area contributed by atoms with Crippen molar-refractivity contribution in [2.45, 2.75) is 0 Å². The van der Waals surface area contributed by atoms with Crippen LogP contribution in [0, 0.1) is 0 Å². The van der Waals surface area contributed by atoms with Crippen molar-refractivity contribution in [2.24, 2.45) is 0 Å². The van der Waals surface area contributed by atoms with Gasteiger partial charge in [-0.05, 0) is 39.4 Å². The Morgan fingerprint density at radius 3 is 0.967 bits per heavy atom. The number of nitrogens with zero attached hydrogens (tertiary/aromatic N) is 5. The number of thiophene rings is 1. The van der Waals surface area contributed by atoms with Crippen molar-refractivity contribution in [3.8, 4) is 90.2 Å². The van der Waals surface area contributed by atoms with Crippen molar-refractivity contribution in [3.63, 3.8) is 0 Å². The first kappa shape index (κ1) is 36.2. The van der Waals surface area contributed by atoms with Crippen LogP contribution in [0.1, 0.15) is 0 Å². The van der Waals surface area contributed by atoms with Gasteiger partial charge in [0.25, 0.3) is 0 Å². The quantitative estimate of drug-likeness (QED) is 0.153. The first-order valence-electron chi connectivity index (χ1n) is 20.2. The summed E-state index contributed by atoms with van der Waals surface area (Å²) in [5, 5.41) is 1.16. The molecule has 6 heteroatoms. The summed E-state index contributed by atoms with van der Waals surface area (Å²) < 4.78 is 2.33. The normalized spacial score (nSPS) is 11.3. The molecule has 0 saturated heterocycles. The van der Waals surface area contributed by atoms with E-state index in [1.807, 2.05) is 66.7 Å². The Kier molecular flexibility index (Phi) is 9.30. The van der Waals surface area contributed by atoms with Crippen molar-refractivity contribution in [3.05, 3.63) is 212 Å². The average Bonchev–Trinajstić information content (AvgIpc) is 3.73. The molecule has 0 atom stereocenters. The molecule has 0 spiro atoms. The topological polar surface area (TPSA) is 64.5 Å². The standard InChI is InChI=1S/C55H35N5S/c1-4-12-42(13-5-1)49-51-50(47-18-10-11-19-48(47)61-51)57-52(56-49)45-32-28-40(29-33-45)38-24-20-36(21-25-38)37-22-26-39(27-23-37)41-30-34-46(35-31-41)55-59-53(43-14-6-2-7-15-43)58-54(60-55)44-16-8-3-9-17-44/h1-35H. The van der Waals surface area contributed by atoms with Crippen LogP contribution < -0.4 is 0 Å². The van der Waals surface area contributed by atoms with Gasteiger partial charge in [-0.25, -0.2) is 24.9 Å². The number of aromatic nitrogens is 5. The number of rotatable bonds is 8. The molecular weight excluding hydrogens is 763 g/mol. The number of benzene rings is 8. The molecule has 3 aromatic heterocycles. The zero-order chi connectivity index (χ0) is 40.5. The van der Waals surface area contributed by atoms with E-state index in [9.17, 15) is 0 Å². The van der Waals surface area contributed by atoms with Crippen LogP contribution in [0.4, 0.5) is 0 Å². The molecule has 5 nitrogen and oxygen atoms in total. The second kappa shape index (κ2) is 15.7. The predicted molar refractivity (Wildman–Crippen MR) is 252 cm³/mol. The van der Waals surface area contributed by atoms with Crippen LogP contribution in [0.2, 0.25) is 0 Å². The number of hydrogen-bond acceptors (Lipinski definition) is 6. The smallest absolute Gasteiger partial charge is 0.164 e. The Balaban J connectivity index is 0.821.